The van der Waals surface area contributed by atoms with Gasteiger partial charge in [0, 0.05) is 36.4 Å². The predicted octanol–water partition coefficient (Wildman–Crippen LogP) is 1.62. The minimum absolute atomic E-state index is 0.184. The van der Waals surface area contributed by atoms with E-state index in [0.717, 1.165) is 11.4 Å². The first-order valence-electron chi connectivity index (χ1n) is 5.95. The third-order valence-electron chi connectivity index (χ3n) is 2.53. The van der Waals surface area contributed by atoms with Crippen LogP contribution in [0.4, 0.5) is 0 Å². The monoisotopic (exact) mass is 297 g/mol. The number of hydrogen-bond donors (Lipinski definition) is 1. The lowest BCUT2D eigenvalue weighted by Crippen LogP contribution is -2.26. The number of aryl methyl sites for hydroxylation is 1. The Labute approximate surface area is 116 Å². The van der Waals surface area contributed by atoms with Crippen molar-refractivity contribution in [2.24, 2.45) is 0 Å². The second kappa shape index (κ2) is 6.23. The Morgan fingerprint density at radius 2 is 2.21 bits per heavy atom. The third-order valence-corrected chi connectivity index (χ3v) is 5.17. The van der Waals surface area contributed by atoms with Gasteiger partial charge in [0.15, 0.2) is 0 Å². The molecule has 0 spiro atoms. The average molecular weight is 297 g/mol. The van der Waals surface area contributed by atoms with E-state index in [-0.39, 0.29) is 4.90 Å². The minimum atomic E-state index is -3.46. The van der Waals surface area contributed by atoms with Crippen molar-refractivity contribution in [1.82, 2.24) is 14.7 Å². The fourth-order valence-electron chi connectivity index (χ4n) is 1.51. The van der Waals surface area contributed by atoms with Crippen LogP contribution in [0.2, 0.25) is 0 Å². The Balaban J connectivity index is 1.92. The zero-order valence-corrected chi connectivity index (χ0v) is 12.2. The summed E-state index contributed by atoms with van der Waals surface area (Å²) in [5.74, 6) is 0. The molecule has 0 unspecified atom stereocenters. The number of thiazole rings is 1. The number of sulfonamides is 1. The van der Waals surface area contributed by atoms with Crippen LogP contribution in [0.1, 0.15) is 16.8 Å². The highest BCUT2D eigenvalue weighted by atomic mass is 32.2. The van der Waals surface area contributed by atoms with Crippen LogP contribution in [0.3, 0.4) is 0 Å². The van der Waals surface area contributed by atoms with E-state index < -0.39 is 10.0 Å². The van der Waals surface area contributed by atoms with Crippen molar-refractivity contribution < 1.29 is 8.42 Å². The van der Waals surface area contributed by atoms with Crippen LogP contribution in [0.15, 0.2) is 35.6 Å². The molecule has 2 rings (SSSR count). The highest BCUT2D eigenvalue weighted by molar-refractivity contribution is 7.89. The number of nitrogens with one attached hydrogen (secondary N) is 1. The molecule has 0 bridgehead atoms. The van der Waals surface area contributed by atoms with Crippen molar-refractivity contribution in [3.05, 3.63) is 40.6 Å². The summed E-state index contributed by atoms with van der Waals surface area (Å²) in [5, 5.41) is 0.950. The highest BCUT2D eigenvalue weighted by Gasteiger charge is 2.13. The van der Waals surface area contributed by atoms with Crippen LogP contribution in [0.5, 0.6) is 0 Å². The van der Waals surface area contributed by atoms with E-state index in [1.807, 2.05) is 6.20 Å². The van der Waals surface area contributed by atoms with E-state index in [1.54, 1.807) is 23.6 Å². The van der Waals surface area contributed by atoms with Crippen LogP contribution >= 0.6 is 11.3 Å². The molecule has 0 atom stereocenters. The summed E-state index contributed by atoms with van der Waals surface area (Å²) in [5.41, 5.74) is 0. The smallest absolute Gasteiger partial charge is 0.242 e. The normalized spacial score (nSPS) is 11.6. The molecule has 0 radical (unpaired) electrons. The Morgan fingerprint density at radius 3 is 2.84 bits per heavy atom. The van der Waals surface area contributed by atoms with E-state index >= 15 is 0 Å². The van der Waals surface area contributed by atoms with Gasteiger partial charge in [0.2, 0.25) is 10.0 Å². The lowest BCUT2D eigenvalue weighted by Gasteiger charge is -2.04. The molecule has 0 aromatic carbocycles. The van der Waals surface area contributed by atoms with Gasteiger partial charge in [-0.2, -0.15) is 0 Å². The molecule has 102 valence electrons. The SMILES string of the molecule is CCc1cnc(CCNS(=O)(=O)c2cccnc2)s1. The zero-order chi connectivity index (χ0) is 13.7. The summed E-state index contributed by atoms with van der Waals surface area (Å²) in [6, 6.07) is 3.12. The van der Waals surface area contributed by atoms with Gasteiger partial charge in [0.25, 0.3) is 0 Å². The maximum atomic E-state index is 11.9. The van der Waals surface area contributed by atoms with Crippen molar-refractivity contribution in [1.29, 1.82) is 0 Å². The average Bonchev–Trinajstić information content (AvgIpc) is 2.87. The summed E-state index contributed by atoms with van der Waals surface area (Å²) in [6.45, 7) is 2.41. The third kappa shape index (κ3) is 3.82. The summed E-state index contributed by atoms with van der Waals surface area (Å²) < 4.78 is 26.4. The first kappa shape index (κ1) is 14.1. The fourth-order valence-corrected chi connectivity index (χ4v) is 3.37. The van der Waals surface area contributed by atoms with Crippen LogP contribution in [0, 0.1) is 0 Å². The molecular formula is C12H15N3O2S2. The molecule has 0 fully saturated rings. The molecule has 2 aromatic heterocycles. The second-order valence-electron chi connectivity index (χ2n) is 3.91. The van der Waals surface area contributed by atoms with Gasteiger partial charge in [-0.25, -0.2) is 18.1 Å². The Morgan fingerprint density at radius 1 is 1.37 bits per heavy atom. The van der Waals surface area contributed by atoms with E-state index in [4.69, 9.17) is 0 Å². The summed E-state index contributed by atoms with van der Waals surface area (Å²) in [4.78, 5) is 9.45. The number of pyridine rings is 1. The fraction of sp³-hybridized carbons (Fsp3) is 0.333. The summed E-state index contributed by atoms with van der Waals surface area (Å²) >= 11 is 1.62. The Bertz CT molecular complexity index is 623. The second-order valence-corrected chi connectivity index (χ2v) is 6.88. The van der Waals surface area contributed by atoms with Crippen LogP contribution < -0.4 is 4.72 Å². The van der Waals surface area contributed by atoms with E-state index in [1.165, 1.54) is 17.1 Å². The van der Waals surface area contributed by atoms with Gasteiger partial charge in [0.05, 0.1) is 5.01 Å². The zero-order valence-electron chi connectivity index (χ0n) is 10.5. The molecule has 2 heterocycles. The number of aromatic nitrogens is 2. The summed E-state index contributed by atoms with van der Waals surface area (Å²) in [6.07, 6.45) is 6.28. The molecule has 0 aliphatic heterocycles. The number of rotatable bonds is 6. The predicted molar refractivity (Wildman–Crippen MR) is 74.6 cm³/mol. The number of hydrogen-bond acceptors (Lipinski definition) is 5. The molecule has 0 saturated carbocycles. The first-order valence-corrected chi connectivity index (χ1v) is 8.25. The van der Waals surface area contributed by atoms with Crippen molar-refractivity contribution in [3.8, 4) is 0 Å². The van der Waals surface area contributed by atoms with Gasteiger partial charge in [0.1, 0.15) is 4.90 Å². The van der Waals surface area contributed by atoms with Crippen LogP contribution in [0.25, 0.3) is 0 Å². The van der Waals surface area contributed by atoms with Crippen LogP contribution in [-0.2, 0) is 22.9 Å². The molecule has 2 aromatic rings. The van der Waals surface area contributed by atoms with Gasteiger partial charge < -0.3 is 0 Å². The van der Waals surface area contributed by atoms with Crippen molar-refractivity contribution in [3.63, 3.8) is 0 Å². The quantitative estimate of drug-likeness (QED) is 0.879. The first-order chi connectivity index (χ1) is 9.12. The lowest BCUT2D eigenvalue weighted by atomic mass is 10.4. The Kier molecular flexibility index (Phi) is 4.62. The van der Waals surface area contributed by atoms with Gasteiger partial charge >= 0.3 is 0 Å². The van der Waals surface area contributed by atoms with E-state index in [9.17, 15) is 8.42 Å². The molecular weight excluding hydrogens is 282 g/mol. The molecule has 0 aliphatic rings. The maximum absolute atomic E-state index is 11.9. The van der Waals surface area contributed by atoms with Gasteiger partial charge in [-0.15, -0.1) is 11.3 Å². The van der Waals surface area contributed by atoms with Gasteiger partial charge in [-0.05, 0) is 18.6 Å². The van der Waals surface area contributed by atoms with Gasteiger partial charge in [-0.1, -0.05) is 6.92 Å². The van der Waals surface area contributed by atoms with Crippen molar-refractivity contribution >= 4 is 21.4 Å². The molecule has 0 aliphatic carbocycles. The number of nitrogens with zero attached hydrogens (tertiary/aromatic N) is 2. The minimum Gasteiger partial charge on any atom is -0.263 e. The molecule has 1 N–H and O–H groups in total. The molecule has 5 nitrogen and oxygen atoms in total. The van der Waals surface area contributed by atoms with Crippen LogP contribution in [-0.4, -0.2) is 24.9 Å². The highest BCUT2D eigenvalue weighted by Crippen LogP contribution is 2.13. The maximum Gasteiger partial charge on any atom is 0.242 e. The molecule has 19 heavy (non-hydrogen) atoms. The largest absolute Gasteiger partial charge is 0.263 e. The Hall–Kier alpha value is -1.31. The molecule has 7 heteroatoms. The van der Waals surface area contributed by atoms with Crippen molar-refractivity contribution in [2.75, 3.05) is 6.54 Å². The summed E-state index contributed by atoms with van der Waals surface area (Å²) in [7, 11) is -3.46. The standard InChI is InChI=1S/C12H15N3O2S2/c1-2-10-8-14-12(18-10)5-7-15-19(16,17)11-4-3-6-13-9-11/h3-4,6,8-9,15H,2,5,7H2,1H3. The van der Waals surface area contributed by atoms with Crippen molar-refractivity contribution in [2.45, 2.75) is 24.7 Å². The van der Waals surface area contributed by atoms with Gasteiger partial charge in [-0.3, -0.25) is 4.98 Å². The topological polar surface area (TPSA) is 72.0 Å². The lowest BCUT2D eigenvalue weighted by molar-refractivity contribution is 0.581. The van der Waals surface area contributed by atoms with E-state index in [2.05, 4.69) is 21.6 Å². The molecule has 0 amide bonds. The van der Waals surface area contributed by atoms with E-state index in [0.29, 0.717) is 13.0 Å². The molecule has 0 saturated heterocycles.